The zero-order valence-electron chi connectivity index (χ0n) is 9.37. The Kier molecular flexibility index (Phi) is 5.48. The molecule has 0 atom stereocenters. The molecule has 0 aromatic carbocycles. The van der Waals surface area contributed by atoms with Crippen LogP contribution in [0.25, 0.3) is 0 Å². The Hall–Kier alpha value is -0.760. The second-order valence-corrected chi connectivity index (χ2v) is 4.25. The summed E-state index contributed by atoms with van der Waals surface area (Å²) < 4.78 is 5.53. The zero-order chi connectivity index (χ0) is 11.1. The van der Waals surface area contributed by atoms with Crippen LogP contribution in [0.3, 0.4) is 0 Å². The molecule has 2 nitrogen and oxygen atoms in total. The van der Waals surface area contributed by atoms with Gasteiger partial charge in [0.15, 0.2) is 0 Å². The van der Waals surface area contributed by atoms with Gasteiger partial charge in [0.05, 0.1) is 18.2 Å². The molecule has 0 N–H and O–H groups in total. The first-order chi connectivity index (χ1) is 7.22. The van der Waals surface area contributed by atoms with Gasteiger partial charge in [0.1, 0.15) is 0 Å². The van der Waals surface area contributed by atoms with E-state index < -0.39 is 0 Å². The average molecular weight is 228 g/mol. The molecular formula is C12H18ClNO. The highest BCUT2D eigenvalue weighted by Gasteiger charge is 1.98. The molecule has 84 valence electrons. The summed E-state index contributed by atoms with van der Waals surface area (Å²) in [6.45, 7) is 5.16. The van der Waals surface area contributed by atoms with Crippen molar-refractivity contribution in [2.75, 3.05) is 6.61 Å². The van der Waals surface area contributed by atoms with E-state index in [1.165, 1.54) is 6.42 Å². The average Bonchev–Trinajstić information content (AvgIpc) is 2.24. The third kappa shape index (κ3) is 5.03. The number of aromatic nitrogens is 1. The SMILES string of the molecule is CC(C)CCCOc1cccc(CCl)n1. The molecule has 1 aromatic rings. The molecule has 0 spiro atoms. The lowest BCUT2D eigenvalue weighted by atomic mass is 10.1. The van der Waals surface area contributed by atoms with E-state index in [0.717, 1.165) is 24.6 Å². The third-order valence-corrected chi connectivity index (χ3v) is 2.37. The van der Waals surface area contributed by atoms with Crippen molar-refractivity contribution in [2.24, 2.45) is 5.92 Å². The fourth-order valence-electron chi connectivity index (χ4n) is 1.28. The summed E-state index contributed by atoms with van der Waals surface area (Å²) in [4.78, 5) is 4.25. The van der Waals surface area contributed by atoms with Gasteiger partial charge in [-0.25, -0.2) is 4.98 Å². The van der Waals surface area contributed by atoms with Crippen molar-refractivity contribution in [1.29, 1.82) is 0 Å². The predicted molar refractivity (Wildman–Crippen MR) is 63.4 cm³/mol. The minimum absolute atomic E-state index is 0.434. The monoisotopic (exact) mass is 227 g/mol. The summed E-state index contributed by atoms with van der Waals surface area (Å²) in [5.41, 5.74) is 0.859. The number of halogens is 1. The van der Waals surface area contributed by atoms with Gasteiger partial charge < -0.3 is 4.74 Å². The molecule has 0 radical (unpaired) electrons. The molecular weight excluding hydrogens is 210 g/mol. The van der Waals surface area contributed by atoms with E-state index in [9.17, 15) is 0 Å². The summed E-state index contributed by atoms with van der Waals surface area (Å²) >= 11 is 5.68. The molecule has 0 aliphatic carbocycles. The standard InChI is InChI=1S/C12H18ClNO/c1-10(2)5-4-8-15-12-7-3-6-11(9-13)14-12/h3,6-7,10H,4-5,8-9H2,1-2H3. The van der Waals surface area contributed by atoms with E-state index in [0.29, 0.717) is 11.8 Å². The van der Waals surface area contributed by atoms with E-state index in [1.54, 1.807) is 0 Å². The number of ether oxygens (including phenoxy) is 1. The van der Waals surface area contributed by atoms with Crippen LogP contribution < -0.4 is 4.74 Å². The highest BCUT2D eigenvalue weighted by molar-refractivity contribution is 6.16. The number of hydrogen-bond acceptors (Lipinski definition) is 2. The Bertz CT molecular complexity index is 289. The Balaban J connectivity index is 2.30. The van der Waals surface area contributed by atoms with Gasteiger partial charge in [-0.15, -0.1) is 11.6 Å². The predicted octanol–water partition coefficient (Wildman–Crippen LogP) is 3.64. The fourth-order valence-corrected chi connectivity index (χ4v) is 1.43. The van der Waals surface area contributed by atoms with Crippen molar-refractivity contribution in [2.45, 2.75) is 32.6 Å². The molecule has 0 saturated carbocycles. The maximum Gasteiger partial charge on any atom is 0.213 e. The lowest BCUT2D eigenvalue weighted by molar-refractivity contribution is 0.286. The highest BCUT2D eigenvalue weighted by Crippen LogP contribution is 2.10. The Morgan fingerprint density at radius 1 is 1.40 bits per heavy atom. The number of rotatable bonds is 6. The lowest BCUT2D eigenvalue weighted by Crippen LogP contribution is -2.01. The summed E-state index contributed by atoms with van der Waals surface area (Å²) in [6, 6.07) is 5.68. The van der Waals surface area contributed by atoms with Crippen LogP contribution in [0.1, 0.15) is 32.4 Å². The molecule has 0 aliphatic heterocycles. The van der Waals surface area contributed by atoms with Crippen LogP contribution in [0.15, 0.2) is 18.2 Å². The van der Waals surface area contributed by atoms with Gasteiger partial charge in [-0.1, -0.05) is 19.9 Å². The van der Waals surface area contributed by atoms with Crippen molar-refractivity contribution in [3.05, 3.63) is 23.9 Å². The summed E-state index contributed by atoms with van der Waals surface area (Å²) in [7, 11) is 0. The molecule has 1 rings (SSSR count). The van der Waals surface area contributed by atoms with Gasteiger partial charge in [0, 0.05) is 6.07 Å². The van der Waals surface area contributed by atoms with Gasteiger partial charge >= 0.3 is 0 Å². The number of pyridine rings is 1. The number of alkyl halides is 1. The first kappa shape index (κ1) is 12.3. The van der Waals surface area contributed by atoms with Gasteiger partial charge in [-0.05, 0) is 24.8 Å². The Labute approximate surface area is 96.6 Å². The quantitative estimate of drug-likeness (QED) is 0.547. The summed E-state index contributed by atoms with van der Waals surface area (Å²) in [6.07, 6.45) is 2.26. The van der Waals surface area contributed by atoms with Gasteiger partial charge in [-0.2, -0.15) is 0 Å². The van der Waals surface area contributed by atoms with E-state index in [2.05, 4.69) is 18.8 Å². The van der Waals surface area contributed by atoms with Crippen LogP contribution in [-0.4, -0.2) is 11.6 Å². The topological polar surface area (TPSA) is 22.1 Å². The third-order valence-electron chi connectivity index (χ3n) is 2.09. The van der Waals surface area contributed by atoms with Crippen molar-refractivity contribution in [3.8, 4) is 5.88 Å². The van der Waals surface area contributed by atoms with E-state index in [1.807, 2.05) is 18.2 Å². The normalized spacial score (nSPS) is 10.7. The van der Waals surface area contributed by atoms with Crippen LogP contribution >= 0.6 is 11.6 Å². The smallest absolute Gasteiger partial charge is 0.213 e. The van der Waals surface area contributed by atoms with E-state index in [-0.39, 0.29) is 0 Å². The van der Waals surface area contributed by atoms with Crippen LogP contribution in [0, 0.1) is 5.92 Å². The molecule has 0 unspecified atom stereocenters. The Morgan fingerprint density at radius 3 is 2.87 bits per heavy atom. The summed E-state index contributed by atoms with van der Waals surface area (Å²) in [5, 5.41) is 0. The highest BCUT2D eigenvalue weighted by atomic mass is 35.5. The molecule has 0 bridgehead atoms. The van der Waals surface area contributed by atoms with Crippen LogP contribution in [-0.2, 0) is 5.88 Å². The first-order valence-corrected chi connectivity index (χ1v) is 5.90. The second-order valence-electron chi connectivity index (χ2n) is 3.99. The molecule has 1 heterocycles. The summed E-state index contributed by atoms with van der Waals surface area (Å²) in [5.74, 6) is 1.84. The fraction of sp³-hybridized carbons (Fsp3) is 0.583. The van der Waals surface area contributed by atoms with Crippen molar-refractivity contribution in [1.82, 2.24) is 4.98 Å². The molecule has 15 heavy (non-hydrogen) atoms. The largest absolute Gasteiger partial charge is 0.478 e. The minimum atomic E-state index is 0.434. The molecule has 1 aromatic heterocycles. The number of nitrogens with zero attached hydrogens (tertiary/aromatic N) is 1. The lowest BCUT2D eigenvalue weighted by Gasteiger charge is -2.07. The maximum absolute atomic E-state index is 5.68. The van der Waals surface area contributed by atoms with Crippen molar-refractivity contribution < 1.29 is 4.74 Å². The van der Waals surface area contributed by atoms with E-state index >= 15 is 0 Å². The van der Waals surface area contributed by atoms with Crippen molar-refractivity contribution >= 4 is 11.6 Å². The molecule has 0 amide bonds. The van der Waals surface area contributed by atoms with Crippen LogP contribution in [0.4, 0.5) is 0 Å². The van der Waals surface area contributed by atoms with Crippen molar-refractivity contribution in [3.63, 3.8) is 0 Å². The molecule has 0 aliphatic rings. The molecule has 3 heteroatoms. The van der Waals surface area contributed by atoms with Gasteiger partial charge in [0.25, 0.3) is 0 Å². The van der Waals surface area contributed by atoms with Crippen LogP contribution in [0.2, 0.25) is 0 Å². The molecule has 0 saturated heterocycles. The van der Waals surface area contributed by atoms with E-state index in [4.69, 9.17) is 16.3 Å². The van der Waals surface area contributed by atoms with Gasteiger partial charge in [0.2, 0.25) is 5.88 Å². The zero-order valence-corrected chi connectivity index (χ0v) is 10.1. The first-order valence-electron chi connectivity index (χ1n) is 5.37. The minimum Gasteiger partial charge on any atom is -0.478 e. The number of hydrogen-bond donors (Lipinski definition) is 0. The van der Waals surface area contributed by atoms with Gasteiger partial charge in [-0.3, -0.25) is 0 Å². The Morgan fingerprint density at radius 2 is 2.20 bits per heavy atom. The molecule has 0 fully saturated rings. The van der Waals surface area contributed by atoms with Crippen LogP contribution in [0.5, 0.6) is 5.88 Å². The second kappa shape index (κ2) is 6.67. The maximum atomic E-state index is 5.68.